The summed E-state index contributed by atoms with van der Waals surface area (Å²) >= 11 is 0. The number of pyridine rings is 2. The van der Waals surface area contributed by atoms with E-state index >= 15 is 4.39 Å². The number of amides is 1. The van der Waals surface area contributed by atoms with E-state index in [4.69, 9.17) is 5.73 Å². The largest absolute Gasteiger partial charge is 0.485 e. The van der Waals surface area contributed by atoms with Gasteiger partial charge in [0.2, 0.25) is 0 Å². The molecule has 2 unspecified atom stereocenters. The minimum absolute atomic E-state index is 0.0605. The molecule has 3 atom stereocenters. The van der Waals surface area contributed by atoms with Crippen molar-refractivity contribution in [1.29, 1.82) is 0 Å². The van der Waals surface area contributed by atoms with E-state index in [1.807, 2.05) is 0 Å². The molecule has 4 heterocycles. The number of aliphatic imine (C=N–C) groups is 1. The molecular weight excluding hydrogens is 547 g/mol. The number of nitrogens with zero attached hydrogens (tertiary/aromatic N) is 4. The molecule has 4 rings (SSSR count). The van der Waals surface area contributed by atoms with Crippen LogP contribution in [0.5, 0.6) is 5.75 Å². The first-order valence-electron chi connectivity index (χ1n) is 11.9. The van der Waals surface area contributed by atoms with E-state index < -0.39 is 55.9 Å². The minimum atomic E-state index is -4.35. The predicted octanol–water partition coefficient (Wildman–Crippen LogP) is 4.14. The molecule has 2 aromatic rings. The molecule has 0 saturated heterocycles. The molecule has 0 saturated carbocycles. The van der Waals surface area contributed by atoms with Crippen LogP contribution in [0.25, 0.3) is 0 Å². The molecule has 0 bridgehead atoms. The fourth-order valence-electron chi connectivity index (χ4n) is 4.54. The number of aromatic nitrogens is 2. The Bertz CT molecular complexity index is 1430. The number of carbonyl (C=O) groups is 1. The van der Waals surface area contributed by atoms with Crippen LogP contribution in [0.1, 0.15) is 49.8 Å². The van der Waals surface area contributed by atoms with Crippen molar-refractivity contribution in [3.8, 4) is 5.75 Å². The number of halogens is 5. The molecule has 0 aliphatic carbocycles. The fourth-order valence-corrected chi connectivity index (χ4v) is 7.77. The van der Waals surface area contributed by atoms with Gasteiger partial charge in [0.25, 0.3) is 5.91 Å². The van der Waals surface area contributed by atoms with E-state index in [1.54, 1.807) is 20.8 Å². The number of amidine groups is 1. The first-order chi connectivity index (χ1) is 18.1. The van der Waals surface area contributed by atoms with Gasteiger partial charge in [-0.25, -0.2) is 31.7 Å². The zero-order chi connectivity index (χ0) is 28.8. The van der Waals surface area contributed by atoms with Gasteiger partial charge in [0.05, 0.1) is 21.2 Å². The Morgan fingerprint density at radius 2 is 1.97 bits per heavy atom. The Labute approximate surface area is 221 Å². The highest BCUT2D eigenvalue weighted by Gasteiger charge is 2.56. The molecule has 2 aliphatic heterocycles. The smallest absolute Gasteiger partial charge is 0.340 e. The number of anilines is 1. The number of hydrogen-bond donors (Lipinski definition) is 2. The lowest BCUT2D eigenvalue weighted by molar-refractivity contribution is -0.148. The summed E-state index contributed by atoms with van der Waals surface area (Å²) in [7, 11) is -2.97. The summed E-state index contributed by atoms with van der Waals surface area (Å²) in [5.74, 6) is -6.11. The van der Waals surface area contributed by atoms with Crippen molar-refractivity contribution in [2.75, 3.05) is 18.5 Å². The van der Waals surface area contributed by atoms with Gasteiger partial charge in [-0.05, 0) is 57.9 Å². The Hall–Kier alpha value is -3.36. The Morgan fingerprint density at radius 1 is 1.26 bits per heavy atom. The molecule has 3 N–H and O–H groups in total. The van der Waals surface area contributed by atoms with Gasteiger partial charge in [0.15, 0.2) is 6.61 Å². The molecule has 0 aromatic carbocycles. The van der Waals surface area contributed by atoms with Gasteiger partial charge in [0.1, 0.15) is 44.9 Å². The molecule has 2 aliphatic rings. The van der Waals surface area contributed by atoms with Crippen LogP contribution in [0, 0.1) is 5.82 Å². The van der Waals surface area contributed by atoms with Crippen LogP contribution in [0.4, 0.5) is 27.8 Å². The lowest BCUT2D eigenvalue weighted by Gasteiger charge is -2.47. The monoisotopic (exact) mass is 574 g/mol. The lowest BCUT2D eigenvalue weighted by Crippen LogP contribution is -2.60. The normalized spacial score (nSPS) is 26.3. The minimum Gasteiger partial charge on any atom is -0.485 e. The summed E-state index contributed by atoms with van der Waals surface area (Å²) in [6.07, 6.45) is -1.89. The van der Waals surface area contributed by atoms with Crippen molar-refractivity contribution in [1.82, 2.24) is 9.97 Å². The summed E-state index contributed by atoms with van der Waals surface area (Å²) in [6.45, 7) is 3.81. The van der Waals surface area contributed by atoms with E-state index in [9.17, 15) is 26.6 Å². The Morgan fingerprint density at radius 3 is 2.62 bits per heavy atom. The molecule has 2 aromatic heterocycles. The average Bonchev–Trinajstić information content (AvgIpc) is 2.88. The number of ether oxygens (including phenoxy) is 1. The second-order valence-corrected chi connectivity index (χ2v) is 12.9. The summed E-state index contributed by atoms with van der Waals surface area (Å²) in [5, 5.41) is 1.79. The number of nitrogens with two attached hydrogens (primary N) is 1. The average molecular weight is 575 g/mol. The van der Waals surface area contributed by atoms with Crippen LogP contribution >= 0.6 is 0 Å². The molecule has 1 amide bonds. The molecule has 15 heteroatoms. The van der Waals surface area contributed by atoms with Crippen molar-refractivity contribution in [3.05, 3.63) is 47.7 Å². The van der Waals surface area contributed by atoms with Gasteiger partial charge < -0.3 is 15.8 Å². The standard InChI is InChI=1S/C24H27F5N6O3S/c1-22(2)21(30)35-23(3,16-5-4-10-32-39(16,22)37)18-14(25)7-9-17(33-18)34-19(36)15-8-6-13(11-31-15)38-12-24(28,29)20(26)27/h6-9,11,16,20H,4-5,10,12H2,1-3H3,(H2,30,35)(H,33,34,36)/t16?,23-,39?/m0/s1. The summed E-state index contributed by atoms with van der Waals surface area (Å²) in [4.78, 5) is 25.4. The number of nitrogens with one attached hydrogen (secondary N) is 1. The quantitative estimate of drug-likeness (QED) is 0.478. The predicted molar refractivity (Wildman–Crippen MR) is 134 cm³/mol. The van der Waals surface area contributed by atoms with Crippen LogP contribution in [0.3, 0.4) is 0 Å². The van der Waals surface area contributed by atoms with E-state index in [-0.39, 0.29) is 28.8 Å². The van der Waals surface area contributed by atoms with Crippen LogP contribution in [0.2, 0.25) is 0 Å². The molecule has 9 nitrogen and oxygen atoms in total. The highest BCUT2D eigenvalue weighted by Crippen LogP contribution is 2.47. The second kappa shape index (κ2) is 9.99. The van der Waals surface area contributed by atoms with Crippen molar-refractivity contribution < 1.29 is 35.7 Å². The van der Waals surface area contributed by atoms with Gasteiger partial charge in [-0.3, -0.25) is 9.79 Å². The Kier molecular flexibility index (Phi) is 7.34. The van der Waals surface area contributed by atoms with Gasteiger partial charge in [-0.2, -0.15) is 8.78 Å². The third-order valence-corrected chi connectivity index (χ3v) is 10.6. The maximum atomic E-state index is 15.2. The fraction of sp³-hybridized carbons (Fsp3) is 0.500. The molecule has 0 radical (unpaired) electrons. The van der Waals surface area contributed by atoms with Crippen molar-refractivity contribution in [3.63, 3.8) is 0 Å². The van der Waals surface area contributed by atoms with Gasteiger partial charge in [-0.1, -0.05) is 0 Å². The second-order valence-electron chi connectivity index (χ2n) is 9.92. The highest BCUT2D eigenvalue weighted by atomic mass is 32.2. The van der Waals surface area contributed by atoms with Crippen LogP contribution < -0.4 is 15.8 Å². The first kappa shape index (κ1) is 28.6. The lowest BCUT2D eigenvalue weighted by atomic mass is 9.89. The molecule has 212 valence electrons. The SMILES string of the molecule is CC1(C)C(N)=N[C@](C)(c2nc(NC(=O)c3ccc(OCC(F)(F)C(F)F)cn3)ccc2F)C2CCCN=S21=O. The third-order valence-electron chi connectivity index (χ3n) is 6.91. The number of hydrogen-bond acceptors (Lipinski definition) is 8. The van der Waals surface area contributed by atoms with Crippen molar-refractivity contribution in [2.45, 2.75) is 61.5 Å². The van der Waals surface area contributed by atoms with Crippen LogP contribution in [-0.4, -0.2) is 61.4 Å². The van der Waals surface area contributed by atoms with E-state index in [2.05, 4.69) is 29.4 Å². The van der Waals surface area contributed by atoms with Crippen molar-refractivity contribution >= 4 is 27.3 Å². The van der Waals surface area contributed by atoms with E-state index in [1.165, 1.54) is 6.07 Å². The van der Waals surface area contributed by atoms with Crippen molar-refractivity contribution in [2.24, 2.45) is 15.1 Å². The topological polar surface area (TPSA) is 132 Å². The van der Waals surface area contributed by atoms with E-state index in [0.717, 1.165) is 24.4 Å². The summed E-state index contributed by atoms with van der Waals surface area (Å²) in [6, 6.07) is 4.54. The highest BCUT2D eigenvalue weighted by molar-refractivity contribution is 7.96. The van der Waals surface area contributed by atoms with E-state index in [0.29, 0.717) is 19.4 Å². The number of rotatable bonds is 7. The van der Waals surface area contributed by atoms with Crippen LogP contribution in [-0.2, 0) is 15.3 Å². The first-order valence-corrected chi connectivity index (χ1v) is 13.5. The molecule has 0 fully saturated rings. The number of alkyl halides is 4. The molecule has 39 heavy (non-hydrogen) atoms. The maximum Gasteiger partial charge on any atom is 0.340 e. The zero-order valence-electron chi connectivity index (χ0n) is 21.3. The summed E-state index contributed by atoms with van der Waals surface area (Å²) < 4.78 is 88.0. The zero-order valence-corrected chi connectivity index (χ0v) is 22.1. The van der Waals surface area contributed by atoms with Crippen LogP contribution in [0.15, 0.2) is 39.8 Å². The van der Waals surface area contributed by atoms with Gasteiger partial charge >= 0.3 is 12.3 Å². The summed E-state index contributed by atoms with van der Waals surface area (Å²) in [5.41, 5.74) is 4.46. The maximum absolute atomic E-state index is 15.2. The molecular formula is C24H27F5N6O3S. The Balaban J connectivity index is 1.58. The van der Waals surface area contributed by atoms with Gasteiger partial charge in [-0.15, -0.1) is 0 Å². The third kappa shape index (κ3) is 5.03. The van der Waals surface area contributed by atoms with Gasteiger partial charge in [0, 0.05) is 6.54 Å². The molecule has 0 spiro atoms. The number of fused-ring (bicyclic) bond motifs is 1. The number of carbonyl (C=O) groups excluding carboxylic acids is 1.